The molecular weight excluding hydrogens is 348 g/mol. The van der Waals surface area contributed by atoms with E-state index in [9.17, 15) is 13.2 Å². The van der Waals surface area contributed by atoms with E-state index in [2.05, 4.69) is 5.32 Å². The Morgan fingerprint density at radius 1 is 1.12 bits per heavy atom. The molecule has 0 aliphatic carbocycles. The topological polar surface area (TPSA) is 66.5 Å². The molecule has 7 heteroatoms. The Labute approximate surface area is 146 Å². The maximum Gasteiger partial charge on any atom is 0.255 e. The van der Waals surface area contributed by atoms with Crippen LogP contribution in [0.1, 0.15) is 21.5 Å². The number of rotatable bonds is 3. The van der Waals surface area contributed by atoms with E-state index >= 15 is 0 Å². The van der Waals surface area contributed by atoms with Crippen LogP contribution in [-0.2, 0) is 23.0 Å². The van der Waals surface area contributed by atoms with Crippen LogP contribution in [0.2, 0.25) is 5.02 Å². The summed E-state index contributed by atoms with van der Waals surface area (Å²) in [7, 11) is -3.22. The second-order valence-corrected chi connectivity index (χ2v) is 8.21. The van der Waals surface area contributed by atoms with Gasteiger partial charge in [0.15, 0.2) is 0 Å². The Bertz CT molecular complexity index is 879. The molecule has 0 atom stereocenters. The summed E-state index contributed by atoms with van der Waals surface area (Å²) in [5.41, 5.74) is 3.18. The number of hydrogen-bond acceptors (Lipinski definition) is 3. The zero-order valence-electron chi connectivity index (χ0n) is 13.1. The van der Waals surface area contributed by atoms with E-state index < -0.39 is 10.0 Å². The number of hydrogen-bond donors (Lipinski definition) is 1. The van der Waals surface area contributed by atoms with Gasteiger partial charge < -0.3 is 5.32 Å². The molecule has 24 heavy (non-hydrogen) atoms. The normalized spacial score (nSPS) is 14.9. The van der Waals surface area contributed by atoms with Gasteiger partial charge >= 0.3 is 0 Å². The lowest BCUT2D eigenvalue weighted by molar-refractivity contribution is 0.102. The predicted octanol–water partition coefficient (Wildman–Crippen LogP) is 2.91. The molecule has 2 aromatic rings. The monoisotopic (exact) mass is 364 g/mol. The smallest absolute Gasteiger partial charge is 0.255 e. The van der Waals surface area contributed by atoms with Crippen LogP contribution in [-0.4, -0.2) is 31.4 Å². The Balaban J connectivity index is 1.79. The summed E-state index contributed by atoms with van der Waals surface area (Å²) in [5.74, 6) is -0.234. The van der Waals surface area contributed by atoms with Gasteiger partial charge in [-0.25, -0.2) is 8.42 Å². The lowest BCUT2D eigenvalue weighted by atomic mass is 10.0. The van der Waals surface area contributed by atoms with E-state index in [1.54, 1.807) is 24.3 Å². The Morgan fingerprint density at radius 2 is 1.83 bits per heavy atom. The minimum atomic E-state index is -3.22. The van der Waals surface area contributed by atoms with Gasteiger partial charge in [0.25, 0.3) is 5.91 Å². The molecule has 0 saturated carbocycles. The second kappa shape index (κ2) is 6.55. The quantitative estimate of drug-likeness (QED) is 0.910. The molecule has 5 nitrogen and oxygen atoms in total. The van der Waals surface area contributed by atoms with Gasteiger partial charge in [0.05, 0.1) is 6.26 Å². The Kier molecular flexibility index (Phi) is 4.62. The number of carbonyl (C=O) groups is 1. The van der Waals surface area contributed by atoms with Crippen molar-refractivity contribution in [2.75, 3.05) is 18.1 Å². The summed E-state index contributed by atoms with van der Waals surface area (Å²) >= 11 is 5.82. The Hall–Kier alpha value is -1.89. The number of nitrogens with one attached hydrogen (secondary N) is 1. The maximum absolute atomic E-state index is 12.3. The molecule has 0 saturated heterocycles. The number of amides is 1. The molecule has 0 spiro atoms. The number of nitrogens with zero attached hydrogens (tertiary/aromatic N) is 1. The van der Waals surface area contributed by atoms with Gasteiger partial charge in [-0.15, -0.1) is 0 Å². The van der Waals surface area contributed by atoms with Crippen molar-refractivity contribution in [1.29, 1.82) is 0 Å². The van der Waals surface area contributed by atoms with Crippen molar-refractivity contribution in [1.82, 2.24) is 4.31 Å². The molecule has 1 heterocycles. The Morgan fingerprint density at radius 3 is 2.50 bits per heavy atom. The van der Waals surface area contributed by atoms with Crippen molar-refractivity contribution in [2.45, 2.75) is 13.0 Å². The number of halogens is 1. The fourth-order valence-electron chi connectivity index (χ4n) is 2.70. The van der Waals surface area contributed by atoms with E-state index in [-0.39, 0.29) is 5.91 Å². The largest absolute Gasteiger partial charge is 0.322 e. The number of carbonyl (C=O) groups excluding carboxylic acids is 1. The minimum Gasteiger partial charge on any atom is -0.322 e. The molecule has 2 aromatic carbocycles. The molecule has 126 valence electrons. The first-order valence-corrected chi connectivity index (χ1v) is 9.69. The van der Waals surface area contributed by atoms with Crippen molar-refractivity contribution in [3.05, 3.63) is 64.2 Å². The van der Waals surface area contributed by atoms with E-state index in [4.69, 9.17) is 11.6 Å². The van der Waals surface area contributed by atoms with Gasteiger partial charge in [0, 0.05) is 29.4 Å². The zero-order valence-corrected chi connectivity index (χ0v) is 14.7. The van der Waals surface area contributed by atoms with Gasteiger partial charge in [0.1, 0.15) is 0 Å². The van der Waals surface area contributed by atoms with Crippen LogP contribution in [0.15, 0.2) is 42.5 Å². The van der Waals surface area contributed by atoms with E-state index in [0.29, 0.717) is 35.8 Å². The van der Waals surface area contributed by atoms with E-state index in [1.807, 2.05) is 18.2 Å². The summed E-state index contributed by atoms with van der Waals surface area (Å²) < 4.78 is 24.9. The van der Waals surface area contributed by atoms with Gasteiger partial charge in [-0.05, 0) is 53.9 Å². The lowest BCUT2D eigenvalue weighted by Crippen LogP contribution is -2.35. The van der Waals surface area contributed by atoms with Crippen LogP contribution in [0.25, 0.3) is 0 Å². The van der Waals surface area contributed by atoms with E-state index in [0.717, 1.165) is 11.1 Å². The summed E-state index contributed by atoms with van der Waals surface area (Å²) in [6.45, 7) is 0.821. The summed E-state index contributed by atoms with van der Waals surface area (Å²) in [4.78, 5) is 12.3. The highest BCUT2D eigenvalue weighted by Gasteiger charge is 2.23. The van der Waals surface area contributed by atoms with Crippen LogP contribution in [0.3, 0.4) is 0 Å². The molecule has 0 bridgehead atoms. The second-order valence-electron chi connectivity index (χ2n) is 5.79. The zero-order chi connectivity index (χ0) is 17.3. The average Bonchev–Trinajstić information content (AvgIpc) is 2.54. The number of fused-ring (bicyclic) bond motifs is 1. The van der Waals surface area contributed by atoms with Crippen LogP contribution < -0.4 is 5.32 Å². The first-order chi connectivity index (χ1) is 11.3. The first-order valence-electron chi connectivity index (χ1n) is 7.47. The molecule has 1 aliphatic heterocycles. The molecule has 0 radical (unpaired) electrons. The third-order valence-corrected chi connectivity index (χ3v) is 5.52. The number of benzene rings is 2. The van der Waals surface area contributed by atoms with Crippen molar-refractivity contribution >= 4 is 33.2 Å². The first kappa shape index (κ1) is 17.0. The van der Waals surface area contributed by atoms with Crippen molar-refractivity contribution in [3.8, 4) is 0 Å². The fraction of sp³-hybridized carbons (Fsp3) is 0.235. The molecule has 0 fully saturated rings. The fourth-order valence-corrected chi connectivity index (χ4v) is 3.62. The number of anilines is 1. The third kappa shape index (κ3) is 3.77. The molecule has 1 N–H and O–H groups in total. The summed E-state index contributed by atoms with van der Waals surface area (Å²) in [5, 5.41) is 3.40. The average molecular weight is 365 g/mol. The van der Waals surface area contributed by atoms with Crippen molar-refractivity contribution in [3.63, 3.8) is 0 Å². The van der Waals surface area contributed by atoms with Gasteiger partial charge in [-0.1, -0.05) is 17.7 Å². The standard InChI is InChI=1S/C17H17ClN2O3S/c1-24(22,23)20-9-8-12-4-7-16(10-14(12)11-20)19-17(21)13-2-5-15(18)6-3-13/h2-7,10H,8-9,11H2,1H3,(H,19,21). The summed E-state index contributed by atoms with van der Waals surface area (Å²) in [6, 6.07) is 12.2. The molecule has 1 amide bonds. The number of sulfonamides is 1. The summed E-state index contributed by atoms with van der Waals surface area (Å²) in [6.07, 6.45) is 1.89. The minimum absolute atomic E-state index is 0.234. The SMILES string of the molecule is CS(=O)(=O)N1CCc2ccc(NC(=O)c3ccc(Cl)cc3)cc2C1. The predicted molar refractivity (Wildman–Crippen MR) is 94.8 cm³/mol. The highest BCUT2D eigenvalue weighted by Crippen LogP contribution is 2.24. The van der Waals surface area contributed by atoms with Crippen molar-refractivity contribution < 1.29 is 13.2 Å². The molecule has 0 aromatic heterocycles. The third-order valence-electron chi connectivity index (χ3n) is 4.02. The van der Waals surface area contributed by atoms with Crippen LogP contribution in [0, 0.1) is 0 Å². The highest BCUT2D eigenvalue weighted by atomic mass is 35.5. The van der Waals surface area contributed by atoms with Gasteiger partial charge in [0.2, 0.25) is 10.0 Å². The highest BCUT2D eigenvalue weighted by molar-refractivity contribution is 7.88. The van der Waals surface area contributed by atoms with Crippen LogP contribution in [0.5, 0.6) is 0 Å². The van der Waals surface area contributed by atoms with E-state index in [1.165, 1.54) is 10.6 Å². The maximum atomic E-state index is 12.3. The van der Waals surface area contributed by atoms with Crippen molar-refractivity contribution in [2.24, 2.45) is 0 Å². The van der Waals surface area contributed by atoms with Crippen LogP contribution >= 0.6 is 11.6 Å². The van der Waals surface area contributed by atoms with Crippen LogP contribution in [0.4, 0.5) is 5.69 Å². The van der Waals surface area contributed by atoms with Gasteiger partial charge in [-0.3, -0.25) is 4.79 Å². The lowest BCUT2D eigenvalue weighted by Gasteiger charge is -2.27. The van der Waals surface area contributed by atoms with Gasteiger partial charge in [-0.2, -0.15) is 4.31 Å². The molecule has 1 aliphatic rings. The molecule has 3 rings (SSSR count). The molecular formula is C17H17ClN2O3S. The molecule has 0 unspecified atom stereocenters.